The molecule has 0 heterocycles. The molecular formula is C28H48O6S3Sn. The van der Waals surface area contributed by atoms with E-state index < -0.39 is 55.3 Å². The van der Waals surface area contributed by atoms with E-state index in [9.17, 15) is 14.4 Å². The molecule has 0 aliphatic heterocycles. The van der Waals surface area contributed by atoms with Crippen LogP contribution in [0.2, 0.25) is 4.94 Å². The van der Waals surface area contributed by atoms with Crippen LogP contribution < -0.4 is 0 Å². The van der Waals surface area contributed by atoms with Crippen molar-refractivity contribution in [1.82, 2.24) is 0 Å². The molecule has 6 nitrogen and oxygen atoms in total. The van der Waals surface area contributed by atoms with Gasteiger partial charge in [-0.2, -0.15) is 0 Å². The summed E-state index contributed by atoms with van der Waals surface area (Å²) in [5, 5.41) is 0. The van der Waals surface area contributed by atoms with Crippen LogP contribution in [0, 0.1) is 35.5 Å². The molecule has 0 amide bonds. The number of rotatable bonds is 12. The van der Waals surface area contributed by atoms with Crippen LogP contribution in [-0.4, -0.2) is 54.8 Å². The van der Waals surface area contributed by atoms with Crippen molar-refractivity contribution in [2.24, 2.45) is 35.5 Å². The van der Waals surface area contributed by atoms with E-state index in [-0.39, 0.29) is 17.8 Å². The molecule has 3 aliphatic carbocycles. The molecule has 3 saturated carbocycles. The SMILES string of the molecule is [CH3][Sn]([O]C(=O)C(CS)C1CCCCC1)([O]C(=O)C(CS)C1CCCCC1)[O]C(=O)C(CS)C1CCCCC1. The number of carbonyl (C=O) groups excluding carboxylic acids is 3. The molecule has 0 bridgehead atoms. The van der Waals surface area contributed by atoms with Crippen molar-refractivity contribution in [1.29, 1.82) is 0 Å². The maximum atomic E-state index is 13.5. The standard InChI is InChI=1S/3C9H16O2S.CH3.Sn/c3*10-9(11)8(6-12)7-4-2-1-3-5-7;;/h3*7-8,12H,1-6H2,(H,10,11);1H3;/q;;;;+3/p-3. The number of carbonyl (C=O) groups is 3. The molecule has 3 rings (SSSR count). The molecule has 0 aromatic rings. The van der Waals surface area contributed by atoms with Crippen LogP contribution in [0.1, 0.15) is 96.3 Å². The van der Waals surface area contributed by atoms with Crippen molar-refractivity contribution in [3.63, 3.8) is 0 Å². The summed E-state index contributed by atoms with van der Waals surface area (Å²) in [6.45, 7) is 0. The summed E-state index contributed by atoms with van der Waals surface area (Å²) in [6, 6.07) is 0. The van der Waals surface area contributed by atoms with Crippen LogP contribution in [0.15, 0.2) is 0 Å². The van der Waals surface area contributed by atoms with Crippen molar-refractivity contribution < 1.29 is 23.6 Å². The molecule has 10 heteroatoms. The summed E-state index contributed by atoms with van der Waals surface area (Å²) in [7, 11) is 0. The quantitative estimate of drug-likeness (QED) is 0.159. The average molecular weight is 696 g/mol. The van der Waals surface area contributed by atoms with Gasteiger partial charge >= 0.3 is 253 Å². The second-order valence-corrected chi connectivity index (χ2v) is 19.5. The third-order valence-corrected chi connectivity index (χ3v) is 15.1. The second kappa shape index (κ2) is 16.6. The molecule has 0 aromatic carbocycles. The molecule has 3 aliphatic rings. The van der Waals surface area contributed by atoms with Crippen molar-refractivity contribution >= 4 is 75.4 Å². The Labute approximate surface area is 251 Å². The second-order valence-electron chi connectivity index (χ2n) is 11.7. The van der Waals surface area contributed by atoms with Crippen LogP contribution in [-0.2, 0) is 23.6 Å². The summed E-state index contributed by atoms with van der Waals surface area (Å²) in [4.78, 5) is 42.1. The Morgan fingerprint density at radius 2 is 0.789 bits per heavy atom. The van der Waals surface area contributed by atoms with Crippen molar-refractivity contribution in [2.45, 2.75) is 101 Å². The van der Waals surface area contributed by atoms with E-state index >= 15 is 0 Å². The van der Waals surface area contributed by atoms with Crippen LogP contribution >= 0.6 is 37.9 Å². The molecule has 38 heavy (non-hydrogen) atoms. The summed E-state index contributed by atoms with van der Waals surface area (Å²) in [6.07, 6.45) is 15.8. The van der Waals surface area contributed by atoms with E-state index in [2.05, 4.69) is 37.9 Å². The van der Waals surface area contributed by atoms with Gasteiger partial charge in [-0.25, -0.2) is 0 Å². The first-order chi connectivity index (χ1) is 18.3. The number of thiol groups is 3. The Morgan fingerprint density at radius 3 is 1.00 bits per heavy atom. The zero-order valence-electron chi connectivity index (χ0n) is 23.0. The van der Waals surface area contributed by atoms with E-state index in [4.69, 9.17) is 9.22 Å². The van der Waals surface area contributed by atoms with E-state index in [1.165, 1.54) is 19.3 Å². The average Bonchev–Trinajstić information content (AvgIpc) is 2.91. The zero-order valence-corrected chi connectivity index (χ0v) is 28.5. The van der Waals surface area contributed by atoms with Crippen molar-refractivity contribution in [3.8, 4) is 0 Å². The van der Waals surface area contributed by atoms with E-state index in [0.717, 1.165) is 77.0 Å². The summed E-state index contributed by atoms with van der Waals surface area (Å²) in [5.74, 6) is -0.868. The molecular weight excluding hydrogens is 647 g/mol. The minimum atomic E-state index is -4.97. The predicted octanol–water partition coefficient (Wildman–Crippen LogP) is 6.56. The van der Waals surface area contributed by atoms with E-state index in [1.807, 2.05) is 0 Å². The molecule has 3 unspecified atom stereocenters. The van der Waals surface area contributed by atoms with Crippen molar-refractivity contribution in [2.75, 3.05) is 17.3 Å². The Kier molecular flexibility index (Phi) is 14.3. The molecule has 0 spiro atoms. The zero-order chi connectivity index (χ0) is 27.5. The monoisotopic (exact) mass is 696 g/mol. The van der Waals surface area contributed by atoms with E-state index in [0.29, 0.717) is 17.3 Å². The first-order valence-electron chi connectivity index (χ1n) is 14.8. The molecule has 218 valence electrons. The van der Waals surface area contributed by atoms with Gasteiger partial charge < -0.3 is 0 Å². The molecule has 3 fully saturated rings. The first-order valence-corrected chi connectivity index (χ1v) is 23.1. The van der Waals surface area contributed by atoms with Gasteiger partial charge in [-0.15, -0.1) is 0 Å². The van der Waals surface area contributed by atoms with Gasteiger partial charge in [-0.05, 0) is 0 Å². The molecule has 0 N–H and O–H groups in total. The van der Waals surface area contributed by atoms with Crippen LogP contribution in [0.5, 0.6) is 0 Å². The van der Waals surface area contributed by atoms with Gasteiger partial charge in [-0.1, -0.05) is 0 Å². The summed E-state index contributed by atoms with van der Waals surface area (Å²) in [5.41, 5.74) is 0. The normalized spacial score (nSPS) is 24.0. The van der Waals surface area contributed by atoms with Gasteiger partial charge in [0, 0.05) is 0 Å². The van der Waals surface area contributed by atoms with Gasteiger partial charge in [0.25, 0.3) is 0 Å². The number of hydrogen-bond acceptors (Lipinski definition) is 9. The van der Waals surface area contributed by atoms with Crippen LogP contribution in [0.3, 0.4) is 0 Å². The predicted molar refractivity (Wildman–Crippen MR) is 162 cm³/mol. The molecule has 3 atom stereocenters. The third-order valence-electron chi connectivity index (χ3n) is 9.01. The topological polar surface area (TPSA) is 78.9 Å². The molecule has 0 radical (unpaired) electrons. The van der Waals surface area contributed by atoms with Gasteiger partial charge in [0.15, 0.2) is 0 Å². The van der Waals surface area contributed by atoms with Gasteiger partial charge in [0.05, 0.1) is 0 Å². The Hall–Kier alpha value is 0.259. The molecule has 0 aromatic heterocycles. The summed E-state index contributed by atoms with van der Waals surface area (Å²) < 4.78 is 18.1. The summed E-state index contributed by atoms with van der Waals surface area (Å²) >= 11 is 8.45. The minimum absolute atomic E-state index is 0.190. The maximum absolute atomic E-state index is 13.5. The number of hydrogen-bond donors (Lipinski definition) is 3. The first kappa shape index (κ1) is 32.8. The Bertz CT molecular complexity index is 668. The fourth-order valence-corrected chi connectivity index (χ4v) is 12.8. The Morgan fingerprint density at radius 1 is 0.553 bits per heavy atom. The van der Waals surface area contributed by atoms with Crippen molar-refractivity contribution in [3.05, 3.63) is 0 Å². The van der Waals surface area contributed by atoms with Crippen LogP contribution in [0.25, 0.3) is 0 Å². The Balaban J connectivity index is 1.79. The molecule has 0 saturated heterocycles. The third kappa shape index (κ3) is 9.40. The van der Waals surface area contributed by atoms with E-state index in [1.54, 1.807) is 4.94 Å². The van der Waals surface area contributed by atoms with Gasteiger partial charge in [0.2, 0.25) is 0 Å². The van der Waals surface area contributed by atoms with Gasteiger partial charge in [-0.3, -0.25) is 0 Å². The fourth-order valence-electron chi connectivity index (χ4n) is 6.70. The fraction of sp³-hybridized carbons (Fsp3) is 0.893. The van der Waals surface area contributed by atoms with Gasteiger partial charge in [0.1, 0.15) is 0 Å². The van der Waals surface area contributed by atoms with Crippen LogP contribution in [0.4, 0.5) is 0 Å².